The molecule has 0 amide bonds. The quantitative estimate of drug-likeness (QED) is 0.308. The van der Waals surface area contributed by atoms with Crippen molar-refractivity contribution in [1.82, 2.24) is 14.5 Å². The maximum Gasteiger partial charge on any atom is 0.309 e. The van der Waals surface area contributed by atoms with Crippen molar-refractivity contribution in [2.75, 3.05) is 6.61 Å². The molecular formula is C32H33N3O3. The minimum atomic E-state index is -0.0640. The predicted molar refractivity (Wildman–Crippen MR) is 145 cm³/mol. The molecule has 7 rings (SSSR count). The third-order valence-corrected chi connectivity index (χ3v) is 9.02. The number of aryl methyl sites for hydroxylation is 1. The molecule has 194 valence electrons. The number of rotatable bonds is 6. The molecular weight excluding hydrogens is 474 g/mol. The van der Waals surface area contributed by atoms with Crippen molar-refractivity contribution in [3.05, 3.63) is 88.4 Å². The van der Waals surface area contributed by atoms with Crippen LogP contribution in [0.3, 0.4) is 0 Å². The Labute approximate surface area is 223 Å². The number of aromatic nitrogens is 3. The van der Waals surface area contributed by atoms with Crippen LogP contribution in [0, 0.1) is 11.8 Å². The van der Waals surface area contributed by atoms with Crippen molar-refractivity contribution in [1.29, 1.82) is 0 Å². The average Bonchev–Trinajstić information content (AvgIpc) is 3.14. The average molecular weight is 508 g/mol. The fourth-order valence-electron chi connectivity index (χ4n) is 7.14. The van der Waals surface area contributed by atoms with E-state index in [1.54, 1.807) is 0 Å². The molecule has 6 heteroatoms. The van der Waals surface area contributed by atoms with Gasteiger partial charge in [0, 0.05) is 31.1 Å². The van der Waals surface area contributed by atoms with E-state index in [1.807, 2.05) is 19.4 Å². The number of nitrogens with zero attached hydrogens (tertiary/aromatic N) is 3. The van der Waals surface area contributed by atoms with E-state index in [4.69, 9.17) is 14.5 Å². The number of imidazole rings is 1. The standard InChI is InChI=1S/C32H33N3O3/c1-5-37-31(36)29-22-12-19-13-27(33-15-24(19)28(22)29)38-16-18-9-10-25-21(11-18)23(14-32(25,2)3)20-7-6-8-26-30(20)34-17-35(26)4/h6-11,13,15,17,22-23,28-29H,5,12,14,16H2,1-4H3/t22-,23?,28-,29+/m1/s1. The first-order valence-corrected chi connectivity index (χ1v) is 13.7. The highest BCUT2D eigenvalue weighted by Gasteiger charge is 2.60. The van der Waals surface area contributed by atoms with E-state index in [0.29, 0.717) is 30.9 Å². The van der Waals surface area contributed by atoms with Gasteiger partial charge in [0.2, 0.25) is 5.88 Å². The van der Waals surface area contributed by atoms with Gasteiger partial charge in [0.05, 0.1) is 29.9 Å². The summed E-state index contributed by atoms with van der Waals surface area (Å²) in [7, 11) is 2.05. The van der Waals surface area contributed by atoms with Crippen LogP contribution in [0.5, 0.6) is 5.88 Å². The Balaban J connectivity index is 1.11. The van der Waals surface area contributed by atoms with Gasteiger partial charge in [-0.1, -0.05) is 44.2 Å². The van der Waals surface area contributed by atoms with Gasteiger partial charge in [-0.05, 0) is 70.5 Å². The summed E-state index contributed by atoms with van der Waals surface area (Å²) < 4.78 is 13.5. The summed E-state index contributed by atoms with van der Waals surface area (Å²) in [5.74, 6) is 1.53. The minimum absolute atomic E-state index is 0.0107. The van der Waals surface area contributed by atoms with E-state index < -0.39 is 0 Å². The fraction of sp³-hybridized carbons (Fsp3) is 0.406. The maximum atomic E-state index is 12.2. The topological polar surface area (TPSA) is 66.2 Å². The Morgan fingerprint density at radius 2 is 1.97 bits per heavy atom. The zero-order valence-corrected chi connectivity index (χ0v) is 22.4. The van der Waals surface area contributed by atoms with Crippen molar-refractivity contribution in [2.24, 2.45) is 18.9 Å². The Hall–Kier alpha value is -3.67. The van der Waals surface area contributed by atoms with Crippen LogP contribution in [0.15, 0.2) is 55.0 Å². The van der Waals surface area contributed by atoms with Crippen LogP contribution < -0.4 is 4.74 Å². The number of benzene rings is 2. The van der Waals surface area contributed by atoms with Crippen LogP contribution in [0.1, 0.15) is 72.4 Å². The lowest BCUT2D eigenvalue weighted by Gasteiger charge is -2.19. The van der Waals surface area contributed by atoms with Gasteiger partial charge in [-0.3, -0.25) is 4.79 Å². The van der Waals surface area contributed by atoms with Gasteiger partial charge >= 0.3 is 5.97 Å². The molecule has 3 aliphatic rings. The summed E-state index contributed by atoms with van der Waals surface area (Å²) in [5.41, 5.74) is 10.0. The number of hydrogen-bond donors (Lipinski definition) is 0. The van der Waals surface area contributed by atoms with E-state index in [0.717, 1.165) is 23.9 Å². The zero-order chi connectivity index (χ0) is 26.2. The summed E-state index contributed by atoms with van der Waals surface area (Å²) in [6.45, 7) is 7.45. The first-order valence-electron chi connectivity index (χ1n) is 13.7. The highest BCUT2D eigenvalue weighted by molar-refractivity contribution is 5.81. The van der Waals surface area contributed by atoms with Gasteiger partial charge in [-0.25, -0.2) is 9.97 Å². The van der Waals surface area contributed by atoms with E-state index in [1.165, 1.54) is 33.3 Å². The molecule has 0 aliphatic heterocycles. The second-order valence-corrected chi connectivity index (χ2v) is 11.8. The largest absolute Gasteiger partial charge is 0.473 e. The molecule has 2 heterocycles. The fourth-order valence-corrected chi connectivity index (χ4v) is 7.14. The predicted octanol–water partition coefficient (Wildman–Crippen LogP) is 5.81. The molecule has 4 atom stereocenters. The van der Waals surface area contributed by atoms with Crippen LogP contribution in [0.2, 0.25) is 0 Å². The molecule has 0 saturated heterocycles. The lowest BCUT2D eigenvalue weighted by Crippen LogP contribution is -2.12. The number of carbonyl (C=O) groups excluding carboxylic acids is 1. The molecule has 0 bridgehead atoms. The lowest BCUT2D eigenvalue weighted by molar-refractivity contribution is -0.145. The number of carbonyl (C=O) groups is 1. The first-order chi connectivity index (χ1) is 18.4. The van der Waals surface area contributed by atoms with E-state index in [2.05, 4.69) is 72.9 Å². The van der Waals surface area contributed by atoms with Crippen molar-refractivity contribution < 1.29 is 14.3 Å². The second kappa shape index (κ2) is 8.42. The van der Waals surface area contributed by atoms with Crippen LogP contribution in [-0.2, 0) is 35.0 Å². The molecule has 0 spiro atoms. The smallest absolute Gasteiger partial charge is 0.309 e. The van der Waals surface area contributed by atoms with Crippen molar-refractivity contribution in [2.45, 2.75) is 57.5 Å². The van der Waals surface area contributed by atoms with Gasteiger partial charge in [-0.2, -0.15) is 0 Å². The van der Waals surface area contributed by atoms with Crippen molar-refractivity contribution >= 4 is 17.0 Å². The summed E-state index contributed by atoms with van der Waals surface area (Å²) in [6.07, 6.45) is 5.77. The van der Waals surface area contributed by atoms with Crippen LogP contribution in [0.25, 0.3) is 11.0 Å². The second-order valence-electron chi connectivity index (χ2n) is 11.8. The van der Waals surface area contributed by atoms with E-state index in [-0.39, 0.29) is 23.2 Å². The third-order valence-electron chi connectivity index (χ3n) is 9.02. The van der Waals surface area contributed by atoms with Crippen molar-refractivity contribution in [3.8, 4) is 5.88 Å². The SMILES string of the molecule is CCOC(=O)[C@H]1[C@@H]2Cc3cc(OCc4ccc5c(c4)C(c4cccc6c4ncn6C)CC5(C)C)ncc3[C@@H]21. The number of pyridine rings is 1. The first kappa shape index (κ1) is 23.4. The number of fused-ring (bicyclic) bond motifs is 5. The number of ether oxygens (including phenoxy) is 2. The van der Waals surface area contributed by atoms with Gasteiger partial charge in [-0.15, -0.1) is 0 Å². The molecule has 6 nitrogen and oxygen atoms in total. The Morgan fingerprint density at radius 3 is 2.82 bits per heavy atom. The molecule has 3 aliphatic carbocycles. The molecule has 1 saturated carbocycles. The Kier molecular flexibility index (Phi) is 5.19. The zero-order valence-electron chi connectivity index (χ0n) is 22.4. The molecule has 1 fully saturated rings. The van der Waals surface area contributed by atoms with Crippen LogP contribution in [-0.4, -0.2) is 27.1 Å². The third kappa shape index (κ3) is 3.57. The molecule has 2 aromatic heterocycles. The minimum Gasteiger partial charge on any atom is -0.473 e. The van der Waals surface area contributed by atoms with Gasteiger partial charge in [0.15, 0.2) is 0 Å². The Morgan fingerprint density at radius 1 is 1.11 bits per heavy atom. The highest BCUT2D eigenvalue weighted by Crippen LogP contribution is 2.62. The molecule has 2 aromatic carbocycles. The van der Waals surface area contributed by atoms with E-state index in [9.17, 15) is 4.79 Å². The number of para-hydroxylation sites is 1. The summed E-state index contributed by atoms with van der Waals surface area (Å²) >= 11 is 0. The molecule has 1 unspecified atom stereocenters. The molecule has 38 heavy (non-hydrogen) atoms. The molecule has 0 N–H and O–H groups in total. The lowest BCUT2D eigenvalue weighted by atomic mass is 9.85. The molecule has 4 aromatic rings. The Bertz CT molecular complexity index is 1590. The van der Waals surface area contributed by atoms with Crippen LogP contribution in [0.4, 0.5) is 0 Å². The van der Waals surface area contributed by atoms with Crippen molar-refractivity contribution in [3.63, 3.8) is 0 Å². The summed E-state index contributed by atoms with van der Waals surface area (Å²) in [4.78, 5) is 21.5. The summed E-state index contributed by atoms with van der Waals surface area (Å²) in [5, 5.41) is 0. The normalized spacial score (nSPS) is 24.1. The summed E-state index contributed by atoms with van der Waals surface area (Å²) in [6, 6.07) is 15.4. The van der Waals surface area contributed by atoms with Gasteiger partial charge in [0.25, 0.3) is 0 Å². The highest BCUT2D eigenvalue weighted by atomic mass is 16.5. The number of hydrogen-bond acceptors (Lipinski definition) is 5. The number of esters is 1. The van der Waals surface area contributed by atoms with Gasteiger partial charge < -0.3 is 14.0 Å². The van der Waals surface area contributed by atoms with E-state index >= 15 is 0 Å². The monoisotopic (exact) mass is 507 g/mol. The molecule has 0 radical (unpaired) electrons. The van der Waals surface area contributed by atoms with Crippen LogP contribution >= 0.6 is 0 Å². The van der Waals surface area contributed by atoms with Gasteiger partial charge in [0.1, 0.15) is 6.61 Å². The maximum absolute atomic E-state index is 12.2.